The molecule has 0 aromatic heterocycles. The van der Waals surface area contributed by atoms with E-state index in [-0.39, 0.29) is 57.5 Å². The van der Waals surface area contributed by atoms with Gasteiger partial charge in [0.25, 0.3) is 15.8 Å². The molecule has 1 aromatic carbocycles. The standard InChI is InChI=1S/C23H26N2O7S2.Na/c1-16(2)17-6-12-21-18(15-23(34(30,31)32)22(21)13-7-17)5-3-4-14-24-33(28,29)20-10-8-19(9-11-20)25(26)27;/h6-13,15-16,24H,3-5,14H2,1-2H3,(H,30,31,32);/q;+1. The smallest absolute Gasteiger partial charge is 0.282 e. The molecule has 0 spiro atoms. The molecule has 3 rings (SSSR count). The molecule has 0 saturated heterocycles. The first-order chi connectivity index (χ1) is 15.9. The van der Waals surface area contributed by atoms with Crippen LogP contribution in [0.15, 0.2) is 64.4 Å². The Kier molecular flexibility index (Phi) is 10.0. The number of nitrogens with one attached hydrogen (secondary N) is 1. The van der Waals surface area contributed by atoms with Gasteiger partial charge < -0.3 is 0 Å². The molecular formula is C23H26N2NaO7S2+. The van der Waals surface area contributed by atoms with E-state index in [1.165, 1.54) is 18.2 Å². The zero-order valence-corrected chi connectivity index (χ0v) is 23.4. The molecule has 2 N–H and O–H groups in total. The molecule has 0 heterocycles. The molecule has 12 heteroatoms. The number of nitro benzene ring substituents is 1. The van der Waals surface area contributed by atoms with Crippen molar-refractivity contribution >= 4 is 25.8 Å². The molecular weight excluding hydrogens is 503 g/mol. The second kappa shape index (κ2) is 11.9. The number of sulfonamides is 1. The molecule has 2 aliphatic rings. The molecule has 35 heavy (non-hydrogen) atoms. The Bertz CT molecular complexity index is 1370. The summed E-state index contributed by atoms with van der Waals surface area (Å²) in [5.74, 6) is 0.248. The molecule has 182 valence electrons. The van der Waals surface area contributed by atoms with Crippen molar-refractivity contribution in [2.24, 2.45) is 0 Å². The monoisotopic (exact) mass is 529 g/mol. The third-order valence-corrected chi connectivity index (χ3v) is 7.93. The second-order valence-corrected chi connectivity index (χ2v) is 11.4. The summed E-state index contributed by atoms with van der Waals surface area (Å²) < 4.78 is 60.7. The van der Waals surface area contributed by atoms with Gasteiger partial charge in [-0.05, 0) is 60.1 Å². The quantitative estimate of drug-likeness (QED) is 0.133. The molecule has 0 fully saturated rings. The van der Waals surface area contributed by atoms with E-state index >= 15 is 0 Å². The van der Waals surface area contributed by atoms with Crippen LogP contribution in [0.25, 0.3) is 11.1 Å². The summed E-state index contributed by atoms with van der Waals surface area (Å²) in [6.07, 6.45) is 1.55. The van der Waals surface area contributed by atoms with Gasteiger partial charge in [0.1, 0.15) is 4.90 Å². The van der Waals surface area contributed by atoms with E-state index < -0.39 is 25.1 Å². The summed E-state index contributed by atoms with van der Waals surface area (Å²) in [6.45, 7) is 4.21. The second-order valence-electron chi connectivity index (χ2n) is 8.26. The van der Waals surface area contributed by atoms with E-state index in [4.69, 9.17) is 0 Å². The number of rotatable bonds is 10. The number of hydrogen-bond donors (Lipinski definition) is 2. The van der Waals surface area contributed by atoms with Crippen molar-refractivity contribution < 1.29 is 55.9 Å². The van der Waals surface area contributed by atoms with Crippen molar-refractivity contribution in [3.8, 4) is 11.1 Å². The van der Waals surface area contributed by atoms with Gasteiger partial charge in [0.2, 0.25) is 10.0 Å². The Morgan fingerprint density at radius 2 is 1.54 bits per heavy atom. The van der Waals surface area contributed by atoms with Gasteiger partial charge in [-0.3, -0.25) is 14.7 Å². The molecule has 0 bridgehead atoms. The minimum atomic E-state index is -4.40. The zero-order chi connectivity index (χ0) is 25.1. The van der Waals surface area contributed by atoms with Gasteiger partial charge in [-0.25, -0.2) is 13.1 Å². The van der Waals surface area contributed by atoms with Gasteiger partial charge in [-0.2, -0.15) is 8.42 Å². The van der Waals surface area contributed by atoms with Crippen molar-refractivity contribution in [2.45, 2.75) is 48.8 Å². The summed E-state index contributed by atoms with van der Waals surface area (Å²) in [5, 5.41) is 10.7. The van der Waals surface area contributed by atoms with Gasteiger partial charge in [0.15, 0.2) is 0 Å². The molecule has 0 amide bonds. The van der Waals surface area contributed by atoms with Crippen LogP contribution in [0.5, 0.6) is 0 Å². The van der Waals surface area contributed by atoms with Crippen LogP contribution in [0.1, 0.15) is 43.7 Å². The van der Waals surface area contributed by atoms with Crippen LogP contribution >= 0.6 is 0 Å². The maximum atomic E-state index is 12.4. The van der Waals surface area contributed by atoms with Crippen molar-refractivity contribution in [3.05, 3.63) is 75.8 Å². The van der Waals surface area contributed by atoms with Crippen LogP contribution in [0.2, 0.25) is 0 Å². The summed E-state index contributed by atoms with van der Waals surface area (Å²) in [5.41, 5.74) is 2.77. The topological polar surface area (TPSA) is 144 Å². The van der Waals surface area contributed by atoms with E-state index in [0.717, 1.165) is 28.8 Å². The van der Waals surface area contributed by atoms with E-state index in [1.54, 1.807) is 6.07 Å². The molecule has 9 nitrogen and oxygen atoms in total. The van der Waals surface area contributed by atoms with Crippen molar-refractivity contribution in [2.75, 3.05) is 6.54 Å². The van der Waals surface area contributed by atoms with Crippen LogP contribution in [0, 0.1) is 10.1 Å². The first-order valence-electron chi connectivity index (χ1n) is 10.7. The van der Waals surface area contributed by atoms with Crippen LogP contribution in [0.3, 0.4) is 0 Å². The van der Waals surface area contributed by atoms with Gasteiger partial charge >= 0.3 is 29.6 Å². The zero-order valence-electron chi connectivity index (χ0n) is 19.8. The van der Waals surface area contributed by atoms with Crippen molar-refractivity contribution in [3.63, 3.8) is 0 Å². The Labute approximate surface area is 227 Å². The third-order valence-electron chi connectivity index (χ3n) is 5.56. The minimum Gasteiger partial charge on any atom is -0.282 e. The first kappa shape index (κ1) is 29.4. The normalized spacial score (nSPS) is 12.0. The Hall–Kier alpha value is -1.86. The van der Waals surface area contributed by atoms with E-state index in [9.17, 15) is 31.5 Å². The minimum absolute atomic E-state index is 0. The van der Waals surface area contributed by atoms with E-state index in [1.807, 2.05) is 32.0 Å². The van der Waals surface area contributed by atoms with Gasteiger partial charge in [0.05, 0.1) is 9.82 Å². The van der Waals surface area contributed by atoms with Crippen LogP contribution in [-0.4, -0.2) is 32.9 Å². The maximum Gasteiger partial charge on any atom is 1.00 e. The Balaban J connectivity index is 0.00000432. The predicted octanol–water partition coefficient (Wildman–Crippen LogP) is 1.37. The Morgan fingerprint density at radius 3 is 2.09 bits per heavy atom. The number of nitrogens with zero attached hydrogens (tertiary/aromatic N) is 1. The maximum absolute atomic E-state index is 12.4. The summed E-state index contributed by atoms with van der Waals surface area (Å²) in [4.78, 5) is 9.91. The predicted molar refractivity (Wildman–Crippen MR) is 128 cm³/mol. The molecule has 0 unspecified atom stereocenters. The van der Waals surface area contributed by atoms with Gasteiger partial charge in [-0.1, -0.05) is 38.1 Å². The van der Waals surface area contributed by atoms with Crippen molar-refractivity contribution in [1.29, 1.82) is 0 Å². The van der Waals surface area contributed by atoms with Crippen molar-refractivity contribution in [1.82, 2.24) is 4.72 Å². The first-order valence-corrected chi connectivity index (χ1v) is 13.6. The van der Waals surface area contributed by atoms with Gasteiger partial charge in [0, 0.05) is 24.2 Å². The molecule has 0 saturated carbocycles. The molecule has 1 aromatic rings. The van der Waals surface area contributed by atoms with Crippen LogP contribution in [0.4, 0.5) is 5.69 Å². The van der Waals surface area contributed by atoms with Crippen LogP contribution in [-0.2, 0) is 26.6 Å². The number of non-ortho nitro benzene ring substituents is 1. The number of hydrogen-bond acceptors (Lipinski definition) is 6. The molecule has 2 aliphatic carbocycles. The summed E-state index contributed by atoms with van der Waals surface area (Å²) in [6, 6.07) is 13.4. The fourth-order valence-electron chi connectivity index (χ4n) is 3.69. The molecule has 0 aliphatic heterocycles. The Morgan fingerprint density at radius 1 is 0.943 bits per heavy atom. The summed E-state index contributed by atoms with van der Waals surface area (Å²) >= 11 is 0. The fraction of sp³-hybridized carbons (Fsp3) is 0.304. The molecule has 0 radical (unpaired) electrons. The van der Waals surface area contributed by atoms with Gasteiger partial charge in [-0.15, -0.1) is 0 Å². The molecule has 0 atom stereocenters. The average molecular weight is 530 g/mol. The fourth-order valence-corrected chi connectivity index (χ4v) is 5.51. The van der Waals surface area contributed by atoms with E-state index in [2.05, 4.69) is 4.72 Å². The largest absolute Gasteiger partial charge is 1.00 e. The number of unbranched alkanes of at least 4 members (excludes halogenated alkanes) is 1. The van der Waals surface area contributed by atoms with E-state index in [0.29, 0.717) is 24.8 Å². The average Bonchev–Trinajstić information content (AvgIpc) is 2.96. The number of benzene rings is 1. The SMILES string of the molecule is CC(C)c1ccc2c(CCCCNS(=O)(=O)c3ccc([N+](=O)[O-])cc3)cc(S(=O)(=O)O)c-2cc1.[Na+]. The third kappa shape index (κ3) is 7.32. The number of aryl methyl sites for hydroxylation is 1. The number of nitro groups is 1. The number of fused-ring (bicyclic) bond motifs is 1. The van der Waals surface area contributed by atoms with Crippen LogP contribution < -0.4 is 34.3 Å². The summed E-state index contributed by atoms with van der Waals surface area (Å²) in [7, 11) is -8.20.